The molecule has 0 spiro atoms. The van der Waals surface area contributed by atoms with Gasteiger partial charge in [0.15, 0.2) is 0 Å². The average Bonchev–Trinajstić information content (AvgIpc) is 2.01. The highest BCUT2D eigenvalue weighted by Crippen LogP contribution is 2.20. The maximum atomic E-state index is 10.9. The lowest BCUT2D eigenvalue weighted by molar-refractivity contribution is 0.592. The average molecular weight is 278 g/mol. The molecule has 0 radical (unpaired) electrons. The molecule has 14 heavy (non-hydrogen) atoms. The van der Waals surface area contributed by atoms with E-state index in [1.54, 1.807) is 0 Å². The van der Waals surface area contributed by atoms with E-state index >= 15 is 0 Å². The monoisotopic (exact) mass is 277 g/mol. The lowest BCUT2D eigenvalue weighted by Gasteiger charge is -2.10. The molecule has 0 aliphatic rings. The standard InChI is InChI=1S/C9H12BrNO2S/c1-7(6-14(11,12)13)8-3-2-4-9(10)5-8/h2-5,7H,6H2,1H3,(H2,11,12,13). The molecule has 0 fully saturated rings. The lowest BCUT2D eigenvalue weighted by Crippen LogP contribution is -2.20. The van der Waals surface area contributed by atoms with Gasteiger partial charge in [0, 0.05) is 4.47 Å². The number of hydrogen-bond acceptors (Lipinski definition) is 2. The van der Waals surface area contributed by atoms with Gasteiger partial charge in [-0.15, -0.1) is 0 Å². The van der Waals surface area contributed by atoms with Crippen molar-refractivity contribution in [2.45, 2.75) is 12.8 Å². The first-order chi connectivity index (χ1) is 6.38. The van der Waals surface area contributed by atoms with E-state index in [9.17, 15) is 8.42 Å². The Morgan fingerprint density at radius 1 is 1.50 bits per heavy atom. The van der Waals surface area contributed by atoms with Crippen LogP contribution in [0, 0.1) is 0 Å². The predicted octanol–water partition coefficient (Wildman–Crippen LogP) is 1.84. The second kappa shape index (κ2) is 4.42. The van der Waals surface area contributed by atoms with Crippen LogP contribution in [0.15, 0.2) is 28.7 Å². The molecule has 78 valence electrons. The summed E-state index contributed by atoms with van der Waals surface area (Å²) >= 11 is 3.33. The third-order valence-corrected chi connectivity index (χ3v) is 3.36. The Balaban J connectivity index is 2.85. The summed E-state index contributed by atoms with van der Waals surface area (Å²) in [6.07, 6.45) is 0. The molecule has 3 nitrogen and oxygen atoms in total. The number of sulfonamides is 1. The maximum Gasteiger partial charge on any atom is 0.209 e. The quantitative estimate of drug-likeness (QED) is 0.917. The van der Waals surface area contributed by atoms with Gasteiger partial charge in [0.05, 0.1) is 5.75 Å². The molecule has 1 atom stereocenters. The fourth-order valence-corrected chi connectivity index (χ4v) is 2.56. The molecule has 0 heterocycles. The molecule has 0 saturated carbocycles. The van der Waals surface area contributed by atoms with Crippen molar-refractivity contribution in [2.75, 3.05) is 5.75 Å². The van der Waals surface area contributed by atoms with Gasteiger partial charge in [-0.3, -0.25) is 0 Å². The summed E-state index contributed by atoms with van der Waals surface area (Å²) in [7, 11) is -3.40. The highest BCUT2D eigenvalue weighted by Gasteiger charge is 2.12. The third kappa shape index (κ3) is 3.77. The molecular formula is C9H12BrNO2S. The van der Waals surface area contributed by atoms with E-state index in [-0.39, 0.29) is 11.7 Å². The van der Waals surface area contributed by atoms with Gasteiger partial charge in [-0.05, 0) is 23.6 Å². The second-order valence-electron chi connectivity index (χ2n) is 3.29. The zero-order valence-electron chi connectivity index (χ0n) is 7.77. The minimum Gasteiger partial charge on any atom is -0.229 e. The minimum absolute atomic E-state index is 0.0244. The number of halogens is 1. The van der Waals surface area contributed by atoms with Gasteiger partial charge in [0.2, 0.25) is 10.0 Å². The number of nitrogens with two attached hydrogens (primary N) is 1. The summed E-state index contributed by atoms with van der Waals surface area (Å²) < 4.78 is 22.7. The van der Waals surface area contributed by atoms with E-state index in [2.05, 4.69) is 15.9 Å². The molecule has 0 aliphatic carbocycles. The highest BCUT2D eigenvalue weighted by molar-refractivity contribution is 9.10. The van der Waals surface area contributed by atoms with Crippen molar-refractivity contribution in [2.24, 2.45) is 5.14 Å². The van der Waals surface area contributed by atoms with Gasteiger partial charge in [-0.2, -0.15) is 0 Å². The summed E-state index contributed by atoms with van der Waals surface area (Å²) in [6.45, 7) is 1.84. The molecule has 0 saturated heterocycles. The topological polar surface area (TPSA) is 60.2 Å². The van der Waals surface area contributed by atoms with Crippen LogP contribution in [0.25, 0.3) is 0 Å². The zero-order valence-corrected chi connectivity index (χ0v) is 10.2. The molecule has 0 amide bonds. The van der Waals surface area contributed by atoms with Crippen LogP contribution >= 0.6 is 15.9 Å². The van der Waals surface area contributed by atoms with Gasteiger partial charge in [-0.25, -0.2) is 13.6 Å². The Morgan fingerprint density at radius 3 is 2.64 bits per heavy atom. The highest BCUT2D eigenvalue weighted by atomic mass is 79.9. The number of benzene rings is 1. The van der Waals surface area contributed by atoms with Crippen molar-refractivity contribution >= 4 is 26.0 Å². The van der Waals surface area contributed by atoms with E-state index in [0.717, 1.165) is 10.0 Å². The molecule has 1 aromatic carbocycles. The molecule has 5 heteroatoms. The smallest absolute Gasteiger partial charge is 0.209 e. The van der Waals surface area contributed by atoms with Gasteiger partial charge in [0.1, 0.15) is 0 Å². The van der Waals surface area contributed by atoms with Crippen molar-refractivity contribution in [3.05, 3.63) is 34.3 Å². The van der Waals surface area contributed by atoms with E-state index in [0.29, 0.717) is 0 Å². The van der Waals surface area contributed by atoms with E-state index in [1.807, 2.05) is 31.2 Å². The third-order valence-electron chi connectivity index (χ3n) is 1.90. The molecule has 2 N–H and O–H groups in total. The van der Waals surface area contributed by atoms with Crippen molar-refractivity contribution in [3.63, 3.8) is 0 Å². The molecule has 1 rings (SSSR count). The SMILES string of the molecule is CC(CS(N)(=O)=O)c1cccc(Br)c1. The van der Waals surface area contributed by atoms with Crippen molar-refractivity contribution in [1.29, 1.82) is 0 Å². The molecule has 0 bridgehead atoms. The summed E-state index contributed by atoms with van der Waals surface area (Å²) in [6, 6.07) is 7.56. The Kier molecular flexibility index (Phi) is 3.69. The molecule has 1 unspecified atom stereocenters. The fraction of sp³-hybridized carbons (Fsp3) is 0.333. The van der Waals surface area contributed by atoms with E-state index in [1.165, 1.54) is 0 Å². The first-order valence-corrected chi connectivity index (χ1v) is 6.65. The van der Waals surface area contributed by atoms with Crippen LogP contribution in [0.4, 0.5) is 0 Å². The summed E-state index contributed by atoms with van der Waals surface area (Å²) in [5.41, 5.74) is 0.966. The lowest BCUT2D eigenvalue weighted by atomic mass is 10.0. The summed E-state index contributed by atoms with van der Waals surface area (Å²) in [4.78, 5) is 0. The Morgan fingerprint density at radius 2 is 2.14 bits per heavy atom. The molecule has 0 aromatic heterocycles. The Hall–Kier alpha value is -0.390. The number of rotatable bonds is 3. The van der Waals surface area contributed by atoms with Crippen LogP contribution in [0.3, 0.4) is 0 Å². The van der Waals surface area contributed by atoms with Gasteiger partial charge in [0.25, 0.3) is 0 Å². The normalized spacial score (nSPS) is 13.9. The fourth-order valence-electron chi connectivity index (χ4n) is 1.26. The van der Waals surface area contributed by atoms with Crippen molar-refractivity contribution in [1.82, 2.24) is 0 Å². The van der Waals surface area contributed by atoms with E-state index in [4.69, 9.17) is 5.14 Å². The van der Waals surface area contributed by atoms with Gasteiger partial charge < -0.3 is 0 Å². The minimum atomic E-state index is -3.40. The number of primary sulfonamides is 1. The Labute approximate surface area is 92.5 Å². The molecular weight excluding hydrogens is 266 g/mol. The van der Waals surface area contributed by atoms with Crippen LogP contribution in [0.5, 0.6) is 0 Å². The maximum absolute atomic E-state index is 10.9. The Bertz CT molecular complexity index is 417. The van der Waals surface area contributed by atoms with Gasteiger partial charge >= 0.3 is 0 Å². The van der Waals surface area contributed by atoms with Crippen molar-refractivity contribution in [3.8, 4) is 0 Å². The van der Waals surface area contributed by atoms with Crippen molar-refractivity contribution < 1.29 is 8.42 Å². The van der Waals surface area contributed by atoms with Crippen LogP contribution in [-0.4, -0.2) is 14.2 Å². The molecule has 0 aliphatic heterocycles. The van der Waals surface area contributed by atoms with Crippen LogP contribution in [0.1, 0.15) is 18.4 Å². The van der Waals surface area contributed by atoms with Crippen LogP contribution in [0.2, 0.25) is 0 Å². The first kappa shape index (κ1) is 11.7. The summed E-state index contributed by atoms with van der Waals surface area (Å²) in [5, 5.41) is 4.97. The van der Waals surface area contributed by atoms with Crippen LogP contribution in [-0.2, 0) is 10.0 Å². The summed E-state index contributed by atoms with van der Waals surface area (Å²) in [5.74, 6) is -0.105. The number of hydrogen-bond donors (Lipinski definition) is 1. The predicted molar refractivity (Wildman–Crippen MR) is 60.5 cm³/mol. The van der Waals surface area contributed by atoms with E-state index < -0.39 is 10.0 Å². The molecule has 1 aromatic rings. The largest absolute Gasteiger partial charge is 0.229 e. The van der Waals surface area contributed by atoms with Crippen LogP contribution < -0.4 is 5.14 Å². The first-order valence-electron chi connectivity index (χ1n) is 4.14. The second-order valence-corrected chi connectivity index (χ2v) is 5.86. The van der Waals surface area contributed by atoms with Gasteiger partial charge in [-0.1, -0.05) is 35.0 Å². The zero-order chi connectivity index (χ0) is 10.8.